The number of rotatable bonds is 6. The lowest BCUT2D eigenvalue weighted by Crippen LogP contribution is -2.52. The molecule has 1 aliphatic rings. The van der Waals surface area contributed by atoms with Gasteiger partial charge in [0, 0.05) is 19.6 Å². The maximum Gasteiger partial charge on any atom is 0.319 e. The minimum atomic E-state index is -0.481. The van der Waals surface area contributed by atoms with Gasteiger partial charge in [0.05, 0.1) is 32.6 Å². The van der Waals surface area contributed by atoms with Gasteiger partial charge in [-0.05, 0) is 26.8 Å². The number of piperidine rings is 1. The predicted octanol–water partition coefficient (Wildman–Crippen LogP) is 0.139. The van der Waals surface area contributed by atoms with Gasteiger partial charge >= 0.3 is 11.9 Å². The molecule has 1 fully saturated rings. The summed E-state index contributed by atoms with van der Waals surface area (Å²) in [5.41, 5.74) is 0. The van der Waals surface area contributed by atoms with Gasteiger partial charge in [0.15, 0.2) is 0 Å². The van der Waals surface area contributed by atoms with Crippen molar-refractivity contribution in [1.29, 1.82) is 0 Å². The monoisotopic (exact) mass is 314 g/mol. The van der Waals surface area contributed by atoms with Crippen LogP contribution in [0.1, 0.15) is 20.3 Å². The molecule has 7 nitrogen and oxygen atoms in total. The average molecular weight is 314 g/mol. The molecule has 2 atom stereocenters. The first-order chi connectivity index (χ1) is 10.5. The Balaban J connectivity index is 2.88. The smallest absolute Gasteiger partial charge is 0.319 e. The highest BCUT2D eigenvalue weighted by Crippen LogP contribution is 2.26. The van der Waals surface area contributed by atoms with Gasteiger partial charge in [-0.2, -0.15) is 0 Å². The van der Waals surface area contributed by atoms with Gasteiger partial charge in [0.2, 0.25) is 5.91 Å². The maximum absolute atomic E-state index is 12.7. The van der Waals surface area contributed by atoms with Crippen LogP contribution >= 0.6 is 0 Å². The van der Waals surface area contributed by atoms with E-state index in [9.17, 15) is 14.4 Å². The van der Waals surface area contributed by atoms with Crippen LogP contribution in [-0.4, -0.2) is 74.6 Å². The molecule has 126 valence electrons. The fraction of sp³-hybridized carbons (Fsp3) is 0.800. The van der Waals surface area contributed by atoms with E-state index in [0.717, 1.165) is 0 Å². The van der Waals surface area contributed by atoms with Gasteiger partial charge in [-0.1, -0.05) is 0 Å². The summed E-state index contributed by atoms with van der Waals surface area (Å²) in [5, 5.41) is 0. The van der Waals surface area contributed by atoms with Crippen molar-refractivity contribution in [1.82, 2.24) is 9.80 Å². The van der Waals surface area contributed by atoms with Crippen molar-refractivity contribution in [3.05, 3.63) is 0 Å². The number of esters is 2. The summed E-state index contributed by atoms with van der Waals surface area (Å²) in [6, 6.07) is 0. The van der Waals surface area contributed by atoms with Crippen molar-refractivity contribution >= 4 is 17.8 Å². The number of likely N-dealkylation sites (tertiary alicyclic amines) is 1. The van der Waals surface area contributed by atoms with Crippen LogP contribution in [-0.2, 0) is 23.9 Å². The molecular formula is C15H26N2O5. The zero-order chi connectivity index (χ0) is 16.7. The summed E-state index contributed by atoms with van der Waals surface area (Å²) >= 11 is 0. The summed E-state index contributed by atoms with van der Waals surface area (Å²) in [5.74, 6) is -1.69. The van der Waals surface area contributed by atoms with Crippen molar-refractivity contribution < 1.29 is 23.9 Å². The second-order valence-corrected chi connectivity index (χ2v) is 5.35. The van der Waals surface area contributed by atoms with Crippen LogP contribution in [0.4, 0.5) is 0 Å². The molecule has 7 heteroatoms. The fourth-order valence-electron chi connectivity index (χ4n) is 2.86. The lowest BCUT2D eigenvalue weighted by molar-refractivity contribution is -0.157. The molecule has 0 N–H and O–H groups in total. The molecule has 22 heavy (non-hydrogen) atoms. The Labute approximate surface area is 131 Å². The van der Waals surface area contributed by atoms with Gasteiger partial charge in [-0.25, -0.2) is 0 Å². The van der Waals surface area contributed by atoms with Gasteiger partial charge in [0.1, 0.15) is 0 Å². The molecule has 0 aromatic rings. The molecular weight excluding hydrogens is 288 g/mol. The molecule has 0 aliphatic carbocycles. The number of nitrogens with zero attached hydrogens (tertiary/aromatic N) is 2. The first-order valence-corrected chi connectivity index (χ1v) is 7.64. The van der Waals surface area contributed by atoms with Crippen LogP contribution in [0.15, 0.2) is 0 Å². The van der Waals surface area contributed by atoms with Crippen LogP contribution in [0.5, 0.6) is 0 Å². The van der Waals surface area contributed by atoms with Gasteiger partial charge < -0.3 is 14.4 Å². The van der Waals surface area contributed by atoms with E-state index in [1.165, 1.54) is 14.2 Å². The van der Waals surface area contributed by atoms with Crippen LogP contribution < -0.4 is 0 Å². The number of hydrogen-bond donors (Lipinski definition) is 0. The number of carbonyl (C=O) groups excluding carboxylic acids is 3. The normalized spacial score (nSPS) is 22.0. The highest BCUT2D eigenvalue weighted by molar-refractivity contribution is 5.86. The molecule has 1 aliphatic heterocycles. The first-order valence-electron chi connectivity index (χ1n) is 7.64. The fourth-order valence-corrected chi connectivity index (χ4v) is 2.86. The van der Waals surface area contributed by atoms with Crippen LogP contribution in [0, 0.1) is 11.8 Å². The second kappa shape index (κ2) is 8.73. The molecule has 1 saturated heterocycles. The minimum absolute atomic E-state index is 0.0602. The van der Waals surface area contributed by atoms with Gasteiger partial charge in [-0.15, -0.1) is 0 Å². The highest BCUT2D eigenvalue weighted by Gasteiger charge is 2.40. The van der Waals surface area contributed by atoms with E-state index in [4.69, 9.17) is 4.74 Å². The summed E-state index contributed by atoms with van der Waals surface area (Å²) in [6.45, 7) is 6.06. The zero-order valence-corrected chi connectivity index (χ0v) is 13.8. The zero-order valence-electron chi connectivity index (χ0n) is 13.8. The highest BCUT2D eigenvalue weighted by atomic mass is 16.5. The second-order valence-electron chi connectivity index (χ2n) is 5.35. The number of methoxy groups -OCH3 is 2. The Morgan fingerprint density at radius 3 is 2.23 bits per heavy atom. The third kappa shape index (κ3) is 4.43. The van der Waals surface area contributed by atoms with Crippen molar-refractivity contribution in [2.75, 3.05) is 46.9 Å². The van der Waals surface area contributed by atoms with Crippen molar-refractivity contribution in [3.63, 3.8) is 0 Å². The molecule has 0 aromatic carbocycles. The van der Waals surface area contributed by atoms with Crippen molar-refractivity contribution in [2.45, 2.75) is 20.3 Å². The first kappa shape index (κ1) is 18.4. The average Bonchev–Trinajstić information content (AvgIpc) is 2.54. The quantitative estimate of drug-likeness (QED) is 0.649. The molecule has 0 unspecified atom stereocenters. The van der Waals surface area contributed by atoms with Crippen LogP contribution in [0.3, 0.4) is 0 Å². The van der Waals surface area contributed by atoms with E-state index < -0.39 is 11.8 Å². The molecule has 1 rings (SSSR count). The number of amides is 1. The van der Waals surface area contributed by atoms with E-state index in [-0.39, 0.29) is 24.4 Å². The van der Waals surface area contributed by atoms with Gasteiger partial charge in [-0.3, -0.25) is 19.3 Å². The topological polar surface area (TPSA) is 76.2 Å². The largest absolute Gasteiger partial charge is 0.469 e. The summed E-state index contributed by atoms with van der Waals surface area (Å²) in [7, 11) is 2.67. The van der Waals surface area contributed by atoms with Crippen LogP contribution in [0.2, 0.25) is 0 Å². The van der Waals surface area contributed by atoms with E-state index in [1.54, 1.807) is 4.90 Å². The van der Waals surface area contributed by atoms with Crippen molar-refractivity contribution in [2.24, 2.45) is 11.8 Å². The lowest BCUT2D eigenvalue weighted by atomic mass is 9.84. The predicted molar refractivity (Wildman–Crippen MR) is 80.0 cm³/mol. The SMILES string of the molecule is CCN(CC)C(=O)[C@@H]1CN(CC(=O)OC)CC[C@@H]1C(=O)OC. The Morgan fingerprint density at radius 1 is 1.09 bits per heavy atom. The minimum Gasteiger partial charge on any atom is -0.469 e. The molecule has 0 aromatic heterocycles. The summed E-state index contributed by atoms with van der Waals surface area (Å²) < 4.78 is 9.50. The van der Waals surface area contributed by atoms with Crippen LogP contribution in [0.25, 0.3) is 0 Å². The molecule has 1 heterocycles. The molecule has 0 saturated carbocycles. The van der Waals surface area contributed by atoms with Crippen molar-refractivity contribution in [3.8, 4) is 0 Å². The standard InChI is InChI=1S/C15H26N2O5/c1-5-17(6-2)14(19)12-9-16(10-13(18)21-3)8-7-11(12)15(20)22-4/h11-12H,5-10H2,1-4H3/t11-,12+/m0/s1. The summed E-state index contributed by atoms with van der Waals surface area (Å²) in [6.07, 6.45) is 0.501. The molecule has 1 amide bonds. The lowest BCUT2D eigenvalue weighted by Gasteiger charge is -2.37. The Bertz CT molecular complexity index is 409. The third-order valence-corrected chi connectivity index (χ3v) is 4.17. The third-order valence-electron chi connectivity index (χ3n) is 4.17. The van der Waals surface area contributed by atoms with E-state index >= 15 is 0 Å². The molecule has 0 radical (unpaired) electrons. The van der Waals surface area contributed by atoms with E-state index in [1.807, 2.05) is 18.7 Å². The number of ether oxygens (including phenoxy) is 2. The molecule has 0 spiro atoms. The van der Waals surface area contributed by atoms with E-state index in [0.29, 0.717) is 32.6 Å². The Kier molecular flexibility index (Phi) is 7.31. The Morgan fingerprint density at radius 2 is 1.73 bits per heavy atom. The maximum atomic E-state index is 12.7. The number of carbonyl (C=O) groups is 3. The Hall–Kier alpha value is -1.63. The summed E-state index contributed by atoms with van der Waals surface area (Å²) in [4.78, 5) is 39.6. The number of hydrogen-bond acceptors (Lipinski definition) is 6. The molecule has 0 bridgehead atoms. The van der Waals surface area contributed by atoms with E-state index in [2.05, 4.69) is 4.74 Å². The van der Waals surface area contributed by atoms with Gasteiger partial charge in [0.25, 0.3) is 0 Å².